The van der Waals surface area contributed by atoms with Crippen LogP contribution in [0.1, 0.15) is 34.9 Å². The largest absolute Gasteiger partial charge is 0.497 e. The van der Waals surface area contributed by atoms with E-state index in [1.165, 1.54) is 5.23 Å². The summed E-state index contributed by atoms with van der Waals surface area (Å²) in [6.45, 7) is 0.329. The van der Waals surface area contributed by atoms with Crippen molar-refractivity contribution in [2.45, 2.75) is 43.4 Å². The first-order chi connectivity index (χ1) is 16.6. The van der Waals surface area contributed by atoms with Crippen LogP contribution in [0.15, 0.2) is 84.9 Å². The lowest BCUT2D eigenvalue weighted by atomic mass is 9.78. The molecule has 2 fully saturated rings. The highest BCUT2D eigenvalue weighted by atomic mass is 17.0. The Kier molecular flexibility index (Phi) is 6.55. The minimum absolute atomic E-state index is 0.0917. The number of ether oxygens (including phenoxy) is 2. The van der Waals surface area contributed by atoms with Crippen molar-refractivity contribution < 1.29 is 24.1 Å². The molecule has 2 saturated heterocycles. The minimum Gasteiger partial charge on any atom is -0.497 e. The molecule has 3 aromatic carbocycles. The third-order valence-corrected chi connectivity index (χ3v) is 6.43. The molecular weight excluding hydrogens is 436 g/mol. The van der Waals surface area contributed by atoms with Crippen LogP contribution in [0.25, 0.3) is 0 Å². The molecule has 2 heterocycles. The number of benzene rings is 3. The smallest absolute Gasteiger partial charge is 0.341 e. The average Bonchev–Trinajstić information content (AvgIpc) is 3.28. The summed E-state index contributed by atoms with van der Waals surface area (Å²) in [6, 6.07) is 26.7. The number of hydroxylamine groups is 2. The Morgan fingerprint density at radius 3 is 2.21 bits per heavy atom. The number of fused-ring (bicyclic) bond motifs is 1. The first kappa shape index (κ1) is 22.5. The monoisotopic (exact) mass is 462 g/mol. The van der Waals surface area contributed by atoms with Crippen molar-refractivity contribution in [3.05, 3.63) is 112 Å². The van der Waals surface area contributed by atoms with Gasteiger partial charge in [-0.05, 0) is 28.8 Å². The fourth-order valence-electron chi connectivity index (χ4n) is 4.79. The van der Waals surface area contributed by atoms with Gasteiger partial charge in [0.25, 0.3) is 0 Å². The maximum Gasteiger partial charge on any atom is 0.341 e. The number of nitrogens with zero attached hydrogens (tertiary/aromatic N) is 2. The normalized spacial score (nSPS) is 26.7. The topological polar surface area (TPSA) is 83.3 Å². The van der Waals surface area contributed by atoms with E-state index in [0.717, 1.165) is 22.4 Å². The first-order valence-corrected chi connectivity index (χ1v) is 11.2. The summed E-state index contributed by atoms with van der Waals surface area (Å²) in [4.78, 5) is 23.4. The zero-order valence-corrected chi connectivity index (χ0v) is 18.7. The van der Waals surface area contributed by atoms with E-state index in [-0.39, 0.29) is 16.9 Å². The van der Waals surface area contributed by atoms with Gasteiger partial charge in [-0.2, -0.15) is 4.84 Å². The van der Waals surface area contributed by atoms with Gasteiger partial charge in [0.15, 0.2) is 6.29 Å². The van der Waals surface area contributed by atoms with Gasteiger partial charge in [-0.25, -0.2) is 4.84 Å². The van der Waals surface area contributed by atoms with Crippen molar-refractivity contribution in [1.29, 1.82) is 0 Å². The molecule has 3 aromatic rings. The number of hydrogen-bond acceptors (Lipinski definition) is 7. The number of methoxy groups -OCH3 is 1. The molecule has 2 aliphatic heterocycles. The molecule has 0 bridgehead atoms. The van der Waals surface area contributed by atoms with Crippen molar-refractivity contribution in [3.8, 4) is 5.75 Å². The van der Waals surface area contributed by atoms with Gasteiger partial charge in [0, 0.05) is 12.3 Å². The first-order valence-electron chi connectivity index (χ1n) is 11.2. The van der Waals surface area contributed by atoms with Crippen LogP contribution in [0, 0.1) is 10.1 Å². The molecule has 0 spiro atoms. The number of rotatable bonds is 7. The number of nitro groups is 1. The van der Waals surface area contributed by atoms with Crippen LogP contribution >= 0.6 is 0 Å². The van der Waals surface area contributed by atoms with Crippen LogP contribution in [0.5, 0.6) is 5.75 Å². The van der Waals surface area contributed by atoms with Crippen molar-refractivity contribution in [3.63, 3.8) is 0 Å². The second-order valence-electron chi connectivity index (χ2n) is 8.44. The summed E-state index contributed by atoms with van der Waals surface area (Å²) in [7, 11) is 1.62. The lowest BCUT2D eigenvalue weighted by Crippen LogP contribution is -2.46. The third kappa shape index (κ3) is 4.53. The van der Waals surface area contributed by atoms with E-state index in [0.29, 0.717) is 13.0 Å². The predicted octanol–water partition coefficient (Wildman–Crippen LogP) is 4.66. The van der Waals surface area contributed by atoms with Gasteiger partial charge in [0.1, 0.15) is 11.7 Å². The molecule has 8 heteroatoms. The molecule has 0 saturated carbocycles. The minimum atomic E-state index is -1.25. The van der Waals surface area contributed by atoms with E-state index < -0.39 is 18.4 Å². The summed E-state index contributed by atoms with van der Waals surface area (Å²) in [5, 5.41) is 13.3. The Balaban J connectivity index is 1.42. The van der Waals surface area contributed by atoms with Gasteiger partial charge in [0.05, 0.1) is 24.7 Å². The van der Waals surface area contributed by atoms with Gasteiger partial charge in [0.2, 0.25) is 0 Å². The molecule has 5 atom stereocenters. The summed E-state index contributed by atoms with van der Waals surface area (Å²) < 4.78 is 11.3. The maximum absolute atomic E-state index is 12.0. The van der Waals surface area contributed by atoms with Crippen molar-refractivity contribution >= 4 is 0 Å². The Bertz CT molecular complexity index is 1100. The van der Waals surface area contributed by atoms with Crippen LogP contribution in [0.4, 0.5) is 0 Å². The molecule has 8 nitrogen and oxygen atoms in total. The van der Waals surface area contributed by atoms with Gasteiger partial charge >= 0.3 is 6.23 Å². The van der Waals surface area contributed by atoms with Crippen LogP contribution in [-0.2, 0) is 21.0 Å². The molecular formula is C26H26N2O6. The van der Waals surface area contributed by atoms with Crippen LogP contribution < -0.4 is 4.74 Å². The van der Waals surface area contributed by atoms with E-state index in [1.807, 2.05) is 84.9 Å². The average molecular weight is 463 g/mol. The molecule has 34 heavy (non-hydrogen) atoms. The predicted molar refractivity (Wildman–Crippen MR) is 123 cm³/mol. The Morgan fingerprint density at radius 2 is 1.59 bits per heavy atom. The third-order valence-electron chi connectivity index (χ3n) is 6.43. The van der Waals surface area contributed by atoms with Gasteiger partial charge < -0.3 is 9.47 Å². The zero-order chi connectivity index (χ0) is 23.5. The van der Waals surface area contributed by atoms with E-state index in [9.17, 15) is 10.1 Å². The SMILES string of the molecule is COc1ccc(CO[C@H]2C[C@@H](c3ccccc3)[C@@H]3[C@H](c4ccccc4)[C@@H]([N+](=O)[O-])ON3O2)cc1. The summed E-state index contributed by atoms with van der Waals surface area (Å²) in [5.74, 6) is 0.183. The molecule has 0 radical (unpaired) electrons. The lowest BCUT2D eigenvalue weighted by molar-refractivity contribution is -0.607. The number of hydrogen-bond donors (Lipinski definition) is 0. The van der Waals surface area contributed by atoms with E-state index in [2.05, 4.69) is 0 Å². The Hall–Kier alpha value is -3.30. The van der Waals surface area contributed by atoms with Crippen molar-refractivity contribution in [1.82, 2.24) is 5.23 Å². The molecule has 0 aromatic heterocycles. The molecule has 0 N–H and O–H groups in total. The summed E-state index contributed by atoms with van der Waals surface area (Å²) in [5.41, 5.74) is 2.88. The highest BCUT2D eigenvalue weighted by Gasteiger charge is 2.58. The molecule has 0 aliphatic carbocycles. The molecule has 2 aliphatic rings. The van der Waals surface area contributed by atoms with Crippen molar-refractivity contribution in [2.75, 3.05) is 7.11 Å². The molecule has 5 rings (SSSR count). The van der Waals surface area contributed by atoms with Gasteiger partial charge in [-0.15, -0.1) is 0 Å². The highest BCUT2D eigenvalue weighted by molar-refractivity contribution is 5.29. The van der Waals surface area contributed by atoms with E-state index >= 15 is 0 Å². The molecule has 0 amide bonds. The fourth-order valence-corrected chi connectivity index (χ4v) is 4.79. The second-order valence-corrected chi connectivity index (χ2v) is 8.44. The van der Waals surface area contributed by atoms with Crippen LogP contribution in [0.2, 0.25) is 0 Å². The van der Waals surface area contributed by atoms with E-state index in [1.54, 1.807) is 7.11 Å². The zero-order valence-electron chi connectivity index (χ0n) is 18.7. The summed E-state index contributed by atoms with van der Waals surface area (Å²) >= 11 is 0. The highest BCUT2D eigenvalue weighted by Crippen LogP contribution is 2.48. The molecule has 0 unspecified atom stereocenters. The Morgan fingerprint density at radius 1 is 0.941 bits per heavy atom. The summed E-state index contributed by atoms with van der Waals surface area (Å²) in [6.07, 6.45) is -1.33. The standard InChI is InChI=1S/C26H26N2O6/c1-31-21-14-12-18(13-15-21)17-32-23-16-22(19-8-4-2-5-9-19)25-24(20-10-6-3-7-11-20)26(27(29)30)34-28(25)33-23/h2-15,22-26H,16-17H2,1H3/t22-,23+,24-,25+,26-/m0/s1. The second kappa shape index (κ2) is 9.90. The van der Waals surface area contributed by atoms with Gasteiger partial charge in [-0.1, -0.05) is 78.0 Å². The van der Waals surface area contributed by atoms with E-state index in [4.69, 9.17) is 19.1 Å². The lowest BCUT2D eigenvalue weighted by Gasteiger charge is -2.39. The quantitative estimate of drug-likeness (QED) is 0.373. The fraction of sp³-hybridized carbons (Fsp3) is 0.308. The van der Waals surface area contributed by atoms with Gasteiger partial charge in [-0.3, -0.25) is 10.1 Å². The van der Waals surface area contributed by atoms with Crippen LogP contribution in [-0.4, -0.2) is 35.8 Å². The van der Waals surface area contributed by atoms with Crippen LogP contribution in [0.3, 0.4) is 0 Å². The maximum atomic E-state index is 12.0. The molecule has 176 valence electrons. The van der Waals surface area contributed by atoms with Crippen molar-refractivity contribution in [2.24, 2.45) is 0 Å². The Labute approximate surface area is 197 Å².